The molecule has 3 aromatic rings. The Balaban J connectivity index is 1.95. The van der Waals surface area contributed by atoms with Crippen molar-refractivity contribution >= 4 is 0 Å². The van der Waals surface area contributed by atoms with Crippen LogP contribution in [0.4, 0.5) is 0 Å². The highest BCUT2D eigenvalue weighted by molar-refractivity contribution is 5.59. The molecule has 0 bridgehead atoms. The van der Waals surface area contributed by atoms with E-state index in [2.05, 4.69) is 5.10 Å². The molecular formula is C19H18N2O2. The first kappa shape index (κ1) is 15.0. The van der Waals surface area contributed by atoms with Crippen LogP contribution in [-0.2, 0) is 6.54 Å². The number of hydrogen-bond acceptors (Lipinski definition) is 3. The molecule has 0 aliphatic rings. The van der Waals surface area contributed by atoms with Crippen molar-refractivity contribution in [1.82, 2.24) is 9.78 Å². The molecule has 3 rings (SSSR count). The van der Waals surface area contributed by atoms with Crippen LogP contribution < -0.4 is 10.3 Å². The average molecular weight is 306 g/mol. The molecule has 116 valence electrons. The Bertz CT molecular complexity index is 867. The molecule has 0 aliphatic heterocycles. The van der Waals surface area contributed by atoms with E-state index in [0.717, 1.165) is 28.1 Å². The molecule has 1 heterocycles. The fraction of sp³-hybridized carbons (Fsp3) is 0.158. The Morgan fingerprint density at radius 1 is 1.00 bits per heavy atom. The largest absolute Gasteiger partial charge is 0.497 e. The van der Waals surface area contributed by atoms with E-state index in [1.807, 2.05) is 55.5 Å². The number of benzene rings is 2. The quantitative estimate of drug-likeness (QED) is 0.743. The Morgan fingerprint density at radius 2 is 1.74 bits per heavy atom. The van der Waals surface area contributed by atoms with Crippen LogP contribution in [0, 0.1) is 6.92 Å². The van der Waals surface area contributed by atoms with Gasteiger partial charge in [-0.25, -0.2) is 4.68 Å². The van der Waals surface area contributed by atoms with Gasteiger partial charge >= 0.3 is 0 Å². The minimum Gasteiger partial charge on any atom is -0.497 e. The van der Waals surface area contributed by atoms with E-state index >= 15 is 0 Å². The van der Waals surface area contributed by atoms with Crippen molar-refractivity contribution in [2.75, 3.05) is 7.11 Å². The van der Waals surface area contributed by atoms with Gasteiger partial charge in [-0.05, 0) is 48.4 Å². The molecule has 23 heavy (non-hydrogen) atoms. The van der Waals surface area contributed by atoms with Gasteiger partial charge in [-0.15, -0.1) is 0 Å². The maximum absolute atomic E-state index is 12.1. The van der Waals surface area contributed by atoms with Gasteiger partial charge in [-0.3, -0.25) is 4.79 Å². The number of aryl methyl sites for hydroxylation is 1. The second-order valence-electron chi connectivity index (χ2n) is 5.37. The summed E-state index contributed by atoms with van der Waals surface area (Å²) in [6, 6.07) is 19.0. The molecule has 0 spiro atoms. The predicted molar refractivity (Wildman–Crippen MR) is 90.8 cm³/mol. The summed E-state index contributed by atoms with van der Waals surface area (Å²) in [4.78, 5) is 12.1. The third-order valence-corrected chi connectivity index (χ3v) is 3.83. The summed E-state index contributed by atoms with van der Waals surface area (Å²) in [5.41, 5.74) is 3.85. The summed E-state index contributed by atoms with van der Waals surface area (Å²) >= 11 is 0. The van der Waals surface area contributed by atoms with Gasteiger partial charge in [0.2, 0.25) is 0 Å². The van der Waals surface area contributed by atoms with Gasteiger partial charge in [-0.2, -0.15) is 5.10 Å². The summed E-state index contributed by atoms with van der Waals surface area (Å²) in [6.07, 6.45) is 0. The average Bonchev–Trinajstić information content (AvgIpc) is 2.59. The van der Waals surface area contributed by atoms with E-state index in [1.165, 1.54) is 4.68 Å². The van der Waals surface area contributed by atoms with Crippen molar-refractivity contribution in [3.05, 3.63) is 82.1 Å². The molecule has 2 aromatic carbocycles. The lowest BCUT2D eigenvalue weighted by Crippen LogP contribution is -2.23. The lowest BCUT2D eigenvalue weighted by Gasteiger charge is -2.09. The van der Waals surface area contributed by atoms with E-state index in [9.17, 15) is 4.79 Å². The van der Waals surface area contributed by atoms with Crippen LogP contribution in [0.3, 0.4) is 0 Å². The molecule has 1 aromatic heterocycles. The zero-order chi connectivity index (χ0) is 16.2. The number of methoxy groups -OCH3 is 1. The van der Waals surface area contributed by atoms with Crippen LogP contribution >= 0.6 is 0 Å². The second kappa shape index (κ2) is 6.48. The lowest BCUT2D eigenvalue weighted by molar-refractivity contribution is 0.415. The Morgan fingerprint density at radius 3 is 2.43 bits per heavy atom. The maximum atomic E-state index is 12.1. The first-order chi connectivity index (χ1) is 11.2. The van der Waals surface area contributed by atoms with Gasteiger partial charge < -0.3 is 4.74 Å². The van der Waals surface area contributed by atoms with Crippen LogP contribution in [0.5, 0.6) is 5.75 Å². The molecular weight excluding hydrogens is 288 g/mol. The van der Waals surface area contributed by atoms with Crippen LogP contribution in [0.2, 0.25) is 0 Å². The topological polar surface area (TPSA) is 44.1 Å². The van der Waals surface area contributed by atoms with Crippen LogP contribution in [0.1, 0.15) is 11.1 Å². The fourth-order valence-electron chi connectivity index (χ4n) is 2.43. The van der Waals surface area contributed by atoms with E-state index in [4.69, 9.17) is 4.74 Å². The number of hydrogen-bond donors (Lipinski definition) is 0. The van der Waals surface area contributed by atoms with Crippen LogP contribution in [-0.4, -0.2) is 16.9 Å². The van der Waals surface area contributed by atoms with E-state index < -0.39 is 0 Å². The van der Waals surface area contributed by atoms with Crippen LogP contribution in [0.25, 0.3) is 11.3 Å². The van der Waals surface area contributed by atoms with Crippen molar-refractivity contribution in [3.8, 4) is 17.0 Å². The van der Waals surface area contributed by atoms with Crippen LogP contribution in [0.15, 0.2) is 65.5 Å². The third kappa shape index (κ3) is 3.31. The first-order valence-corrected chi connectivity index (χ1v) is 7.44. The summed E-state index contributed by atoms with van der Waals surface area (Å²) in [5.74, 6) is 0.794. The number of rotatable bonds is 4. The Hall–Kier alpha value is -2.88. The summed E-state index contributed by atoms with van der Waals surface area (Å²) < 4.78 is 6.67. The SMILES string of the molecule is COc1ccc(-c2ccc(=O)n(Cc3ccccc3C)n2)cc1. The highest BCUT2D eigenvalue weighted by Crippen LogP contribution is 2.19. The summed E-state index contributed by atoms with van der Waals surface area (Å²) in [5, 5.41) is 4.50. The number of ether oxygens (including phenoxy) is 1. The third-order valence-electron chi connectivity index (χ3n) is 3.83. The number of nitrogens with zero attached hydrogens (tertiary/aromatic N) is 2. The molecule has 0 amide bonds. The minimum absolute atomic E-state index is 0.106. The number of aromatic nitrogens is 2. The standard InChI is InChI=1S/C19H18N2O2/c1-14-5-3-4-6-16(14)13-21-19(22)12-11-18(20-21)15-7-9-17(23-2)10-8-15/h3-12H,13H2,1-2H3. The smallest absolute Gasteiger partial charge is 0.267 e. The van der Waals surface area contributed by atoms with E-state index in [-0.39, 0.29) is 5.56 Å². The van der Waals surface area contributed by atoms with Crippen molar-refractivity contribution < 1.29 is 4.74 Å². The van der Waals surface area contributed by atoms with Crippen molar-refractivity contribution in [2.45, 2.75) is 13.5 Å². The van der Waals surface area contributed by atoms with E-state index in [1.54, 1.807) is 19.2 Å². The minimum atomic E-state index is -0.106. The monoisotopic (exact) mass is 306 g/mol. The zero-order valence-electron chi connectivity index (χ0n) is 13.2. The van der Waals surface area contributed by atoms with Crippen molar-refractivity contribution in [2.24, 2.45) is 0 Å². The van der Waals surface area contributed by atoms with Crippen molar-refractivity contribution in [1.29, 1.82) is 0 Å². The highest BCUT2D eigenvalue weighted by atomic mass is 16.5. The van der Waals surface area contributed by atoms with Gasteiger partial charge in [0.15, 0.2) is 0 Å². The molecule has 0 atom stereocenters. The first-order valence-electron chi connectivity index (χ1n) is 7.44. The molecule has 0 saturated heterocycles. The Labute approximate surface area is 135 Å². The molecule has 0 N–H and O–H groups in total. The molecule has 4 nitrogen and oxygen atoms in total. The van der Waals surface area contributed by atoms with Gasteiger partial charge in [0, 0.05) is 11.6 Å². The second-order valence-corrected chi connectivity index (χ2v) is 5.37. The summed E-state index contributed by atoms with van der Waals surface area (Å²) in [6.45, 7) is 2.50. The Kier molecular flexibility index (Phi) is 4.24. The maximum Gasteiger partial charge on any atom is 0.267 e. The molecule has 0 saturated carbocycles. The van der Waals surface area contributed by atoms with Crippen molar-refractivity contribution in [3.63, 3.8) is 0 Å². The van der Waals surface area contributed by atoms with Gasteiger partial charge in [0.25, 0.3) is 5.56 Å². The van der Waals surface area contributed by atoms with Gasteiger partial charge in [-0.1, -0.05) is 24.3 Å². The highest BCUT2D eigenvalue weighted by Gasteiger charge is 2.06. The zero-order valence-corrected chi connectivity index (χ0v) is 13.2. The van der Waals surface area contributed by atoms with Gasteiger partial charge in [0.05, 0.1) is 19.3 Å². The normalized spacial score (nSPS) is 10.5. The molecule has 4 heteroatoms. The predicted octanol–water partition coefficient (Wildman–Crippen LogP) is 3.28. The molecule has 0 aliphatic carbocycles. The molecule has 0 unspecified atom stereocenters. The molecule has 0 radical (unpaired) electrons. The van der Waals surface area contributed by atoms with Gasteiger partial charge in [0.1, 0.15) is 5.75 Å². The van der Waals surface area contributed by atoms with E-state index in [0.29, 0.717) is 6.54 Å². The fourth-order valence-corrected chi connectivity index (χ4v) is 2.43. The molecule has 0 fully saturated rings. The summed E-state index contributed by atoms with van der Waals surface area (Å²) in [7, 11) is 1.63. The lowest BCUT2D eigenvalue weighted by atomic mass is 10.1.